The molecule has 2 aliphatic rings. The minimum Gasteiger partial charge on any atom is -0.493 e. The number of hydrogen-bond acceptors (Lipinski definition) is 4. The Morgan fingerprint density at radius 2 is 1.67 bits per heavy atom. The number of benzene rings is 2. The molecule has 0 spiro atoms. The van der Waals surface area contributed by atoms with Crippen LogP contribution in [0.5, 0.6) is 11.5 Å². The zero-order valence-electron chi connectivity index (χ0n) is 18.8. The van der Waals surface area contributed by atoms with E-state index in [9.17, 15) is 0 Å². The lowest BCUT2D eigenvalue weighted by molar-refractivity contribution is 0.204. The standard InChI is InChI=1S/C26H36N2O2/c1-4-28-18-14-21(23-7-5-6-8-24(23)28)13-17-27-15-11-20(12-16-27)22-9-10-25(29-2)26(19-22)30-3/h5-10,19-21H,4,11-18H2,1-3H3. The van der Waals surface area contributed by atoms with Gasteiger partial charge in [-0.2, -0.15) is 0 Å². The molecule has 0 radical (unpaired) electrons. The summed E-state index contributed by atoms with van der Waals surface area (Å²) in [6.45, 7) is 8.15. The average molecular weight is 409 g/mol. The molecule has 162 valence electrons. The molecule has 2 aliphatic heterocycles. The van der Waals surface area contributed by atoms with Crippen LogP contribution in [-0.4, -0.2) is 51.8 Å². The Balaban J connectivity index is 1.32. The fraction of sp³-hybridized carbons (Fsp3) is 0.538. The molecule has 1 saturated heterocycles. The first-order chi connectivity index (χ1) is 14.7. The zero-order chi connectivity index (χ0) is 20.9. The number of para-hydroxylation sites is 1. The molecule has 1 atom stereocenters. The Labute approximate surface area is 181 Å². The van der Waals surface area contributed by atoms with E-state index in [2.05, 4.69) is 53.1 Å². The Morgan fingerprint density at radius 1 is 0.900 bits per heavy atom. The molecule has 0 N–H and O–H groups in total. The second kappa shape index (κ2) is 9.74. The first-order valence-electron chi connectivity index (χ1n) is 11.5. The van der Waals surface area contributed by atoms with Crippen LogP contribution < -0.4 is 14.4 Å². The molecule has 1 fully saturated rings. The van der Waals surface area contributed by atoms with Gasteiger partial charge >= 0.3 is 0 Å². The summed E-state index contributed by atoms with van der Waals surface area (Å²) in [5, 5.41) is 0. The number of rotatable bonds is 7. The largest absolute Gasteiger partial charge is 0.493 e. The van der Waals surface area contributed by atoms with Gasteiger partial charge in [0.2, 0.25) is 0 Å². The van der Waals surface area contributed by atoms with Gasteiger partial charge in [-0.25, -0.2) is 0 Å². The molecule has 2 heterocycles. The smallest absolute Gasteiger partial charge is 0.160 e. The summed E-state index contributed by atoms with van der Waals surface area (Å²) >= 11 is 0. The van der Waals surface area contributed by atoms with Crippen molar-refractivity contribution >= 4 is 5.69 Å². The fourth-order valence-electron chi connectivity index (χ4n) is 5.27. The third-order valence-electron chi connectivity index (χ3n) is 7.11. The van der Waals surface area contributed by atoms with Crippen LogP contribution in [0, 0.1) is 0 Å². The highest BCUT2D eigenvalue weighted by Crippen LogP contribution is 2.38. The molecule has 1 unspecified atom stereocenters. The predicted molar refractivity (Wildman–Crippen MR) is 124 cm³/mol. The Hall–Kier alpha value is -2.20. The maximum atomic E-state index is 5.50. The van der Waals surface area contributed by atoms with Crippen LogP contribution in [0.2, 0.25) is 0 Å². The highest BCUT2D eigenvalue weighted by Gasteiger charge is 2.26. The van der Waals surface area contributed by atoms with Crippen LogP contribution in [0.3, 0.4) is 0 Å². The third kappa shape index (κ3) is 4.44. The van der Waals surface area contributed by atoms with Crippen LogP contribution in [0.15, 0.2) is 42.5 Å². The van der Waals surface area contributed by atoms with Crippen LogP contribution in [0.25, 0.3) is 0 Å². The second-order valence-corrected chi connectivity index (χ2v) is 8.64. The van der Waals surface area contributed by atoms with Crippen LogP contribution in [0.4, 0.5) is 5.69 Å². The Bertz CT molecular complexity index is 830. The van der Waals surface area contributed by atoms with Crippen LogP contribution in [-0.2, 0) is 0 Å². The summed E-state index contributed by atoms with van der Waals surface area (Å²) in [4.78, 5) is 5.20. The molecule has 0 aliphatic carbocycles. The van der Waals surface area contributed by atoms with Crippen molar-refractivity contribution in [3.05, 3.63) is 53.6 Å². The van der Waals surface area contributed by atoms with E-state index in [-0.39, 0.29) is 0 Å². The van der Waals surface area contributed by atoms with Crippen LogP contribution >= 0.6 is 0 Å². The highest BCUT2D eigenvalue weighted by molar-refractivity contribution is 5.57. The molecular formula is C26H36N2O2. The lowest BCUT2D eigenvalue weighted by atomic mass is 9.86. The number of fused-ring (bicyclic) bond motifs is 1. The summed E-state index contributed by atoms with van der Waals surface area (Å²) < 4.78 is 10.9. The van der Waals surface area contributed by atoms with E-state index in [4.69, 9.17) is 9.47 Å². The molecule has 2 aromatic carbocycles. The quantitative estimate of drug-likeness (QED) is 0.622. The Morgan fingerprint density at radius 3 is 2.40 bits per heavy atom. The van der Waals surface area contributed by atoms with Gasteiger partial charge in [-0.05, 0) is 93.4 Å². The van der Waals surface area contributed by atoms with Gasteiger partial charge < -0.3 is 19.3 Å². The number of piperidine rings is 1. The van der Waals surface area contributed by atoms with Crippen molar-refractivity contribution in [2.75, 3.05) is 51.8 Å². The van der Waals surface area contributed by atoms with E-state index in [0.717, 1.165) is 18.0 Å². The predicted octanol–water partition coefficient (Wildman–Crippen LogP) is 5.29. The van der Waals surface area contributed by atoms with Crippen molar-refractivity contribution in [3.63, 3.8) is 0 Å². The van der Waals surface area contributed by atoms with Gasteiger partial charge in [0.15, 0.2) is 11.5 Å². The third-order valence-corrected chi connectivity index (χ3v) is 7.11. The van der Waals surface area contributed by atoms with Crippen molar-refractivity contribution in [1.82, 2.24) is 4.90 Å². The minimum absolute atomic E-state index is 0.620. The van der Waals surface area contributed by atoms with Crippen molar-refractivity contribution in [3.8, 4) is 11.5 Å². The molecule has 2 aromatic rings. The second-order valence-electron chi connectivity index (χ2n) is 8.64. The summed E-state index contributed by atoms with van der Waals surface area (Å²) in [7, 11) is 3.41. The van der Waals surface area contributed by atoms with Crippen LogP contribution in [0.1, 0.15) is 55.6 Å². The van der Waals surface area contributed by atoms with Gasteiger partial charge in [-0.15, -0.1) is 0 Å². The first-order valence-corrected chi connectivity index (χ1v) is 11.5. The van der Waals surface area contributed by atoms with E-state index in [1.165, 1.54) is 63.1 Å². The zero-order valence-corrected chi connectivity index (χ0v) is 18.8. The van der Waals surface area contributed by atoms with Gasteiger partial charge in [0.25, 0.3) is 0 Å². The SMILES string of the molecule is CCN1CCC(CCN2CCC(c3ccc(OC)c(OC)c3)CC2)c2ccccc21. The molecule has 0 aromatic heterocycles. The molecule has 0 amide bonds. The normalized spacial score (nSPS) is 20.1. The summed E-state index contributed by atoms with van der Waals surface area (Å²) in [5.41, 5.74) is 4.40. The lowest BCUT2D eigenvalue weighted by Crippen LogP contribution is -2.36. The van der Waals surface area contributed by atoms with E-state index in [1.54, 1.807) is 19.8 Å². The summed E-state index contributed by atoms with van der Waals surface area (Å²) in [5.74, 6) is 2.98. The summed E-state index contributed by atoms with van der Waals surface area (Å²) in [6, 6.07) is 15.5. The molecule has 30 heavy (non-hydrogen) atoms. The Kier molecular flexibility index (Phi) is 6.83. The lowest BCUT2D eigenvalue weighted by Gasteiger charge is -2.37. The highest BCUT2D eigenvalue weighted by atomic mass is 16.5. The van der Waals surface area contributed by atoms with Gasteiger partial charge in [0, 0.05) is 18.8 Å². The monoisotopic (exact) mass is 408 g/mol. The maximum Gasteiger partial charge on any atom is 0.160 e. The molecule has 0 bridgehead atoms. The van der Waals surface area contributed by atoms with E-state index in [0.29, 0.717) is 11.8 Å². The number of ether oxygens (including phenoxy) is 2. The van der Waals surface area contributed by atoms with E-state index < -0.39 is 0 Å². The molecule has 0 saturated carbocycles. The van der Waals surface area contributed by atoms with E-state index in [1.807, 2.05) is 6.07 Å². The molecule has 4 heteroatoms. The average Bonchev–Trinajstić information content (AvgIpc) is 2.82. The van der Waals surface area contributed by atoms with Crippen molar-refractivity contribution < 1.29 is 9.47 Å². The molecular weight excluding hydrogens is 372 g/mol. The number of anilines is 1. The van der Waals surface area contributed by atoms with Gasteiger partial charge in [-0.3, -0.25) is 0 Å². The number of methoxy groups -OCH3 is 2. The maximum absolute atomic E-state index is 5.50. The molecule has 4 nitrogen and oxygen atoms in total. The van der Waals surface area contributed by atoms with Gasteiger partial charge in [0.05, 0.1) is 14.2 Å². The number of likely N-dealkylation sites (tertiary alicyclic amines) is 1. The number of nitrogens with zero attached hydrogens (tertiary/aromatic N) is 2. The number of hydrogen-bond donors (Lipinski definition) is 0. The minimum atomic E-state index is 0.620. The molecule has 4 rings (SSSR count). The fourth-order valence-corrected chi connectivity index (χ4v) is 5.27. The van der Waals surface area contributed by atoms with Gasteiger partial charge in [-0.1, -0.05) is 24.3 Å². The van der Waals surface area contributed by atoms with Crippen molar-refractivity contribution in [2.24, 2.45) is 0 Å². The van der Waals surface area contributed by atoms with Gasteiger partial charge in [0.1, 0.15) is 0 Å². The first kappa shape index (κ1) is 21.0. The van der Waals surface area contributed by atoms with Crippen molar-refractivity contribution in [1.29, 1.82) is 0 Å². The topological polar surface area (TPSA) is 24.9 Å². The van der Waals surface area contributed by atoms with Crippen molar-refractivity contribution in [2.45, 2.75) is 44.4 Å². The summed E-state index contributed by atoms with van der Waals surface area (Å²) in [6.07, 6.45) is 5.00. The van der Waals surface area contributed by atoms with E-state index >= 15 is 0 Å².